The molecule has 32 heavy (non-hydrogen) atoms. The van der Waals surface area contributed by atoms with E-state index in [0.29, 0.717) is 11.6 Å². The van der Waals surface area contributed by atoms with Crippen molar-refractivity contribution in [2.75, 3.05) is 30.7 Å². The number of fused-ring (bicyclic) bond motifs is 1. The first kappa shape index (κ1) is 23.9. The Hall–Kier alpha value is -2.72. The number of nitro groups is 1. The van der Waals surface area contributed by atoms with Gasteiger partial charge in [0.1, 0.15) is 10.7 Å². The molecule has 0 bridgehead atoms. The van der Waals surface area contributed by atoms with Gasteiger partial charge in [0.05, 0.1) is 10.7 Å². The molecule has 1 N–H and O–H groups in total. The van der Waals surface area contributed by atoms with E-state index in [1.807, 2.05) is 0 Å². The van der Waals surface area contributed by atoms with Crippen LogP contribution in [0.5, 0.6) is 0 Å². The molecule has 10 heteroatoms. The molecule has 0 spiro atoms. The highest BCUT2D eigenvalue weighted by molar-refractivity contribution is 8.00. The third kappa shape index (κ3) is 5.74. The van der Waals surface area contributed by atoms with Crippen molar-refractivity contribution in [2.24, 2.45) is 0 Å². The van der Waals surface area contributed by atoms with Crippen LogP contribution in [-0.4, -0.2) is 50.7 Å². The van der Waals surface area contributed by atoms with E-state index in [2.05, 4.69) is 29.0 Å². The zero-order valence-electron chi connectivity index (χ0n) is 18.5. The van der Waals surface area contributed by atoms with Crippen LogP contribution in [0.25, 0.3) is 0 Å². The first-order chi connectivity index (χ1) is 15.4. The van der Waals surface area contributed by atoms with Crippen molar-refractivity contribution in [3.63, 3.8) is 0 Å². The summed E-state index contributed by atoms with van der Waals surface area (Å²) < 4.78 is 1.79. The Balaban J connectivity index is 1.67. The highest BCUT2D eigenvalue weighted by Crippen LogP contribution is 2.30. The number of rotatable bonds is 11. The van der Waals surface area contributed by atoms with Gasteiger partial charge < -0.3 is 10.2 Å². The van der Waals surface area contributed by atoms with E-state index in [1.54, 1.807) is 16.7 Å². The molecule has 3 rings (SSSR count). The summed E-state index contributed by atoms with van der Waals surface area (Å²) in [6.07, 6.45) is 3.54. The van der Waals surface area contributed by atoms with Crippen molar-refractivity contribution in [1.29, 1.82) is 0 Å². The first-order valence-corrected chi connectivity index (χ1v) is 11.9. The Morgan fingerprint density at radius 3 is 2.75 bits per heavy atom. The van der Waals surface area contributed by atoms with Crippen molar-refractivity contribution in [2.45, 2.75) is 51.1 Å². The maximum atomic E-state index is 12.7. The lowest BCUT2D eigenvalue weighted by Gasteiger charge is -2.19. The van der Waals surface area contributed by atoms with Gasteiger partial charge in [-0.1, -0.05) is 37.7 Å². The summed E-state index contributed by atoms with van der Waals surface area (Å²) in [5, 5.41) is 14.3. The minimum absolute atomic E-state index is 0.0247. The predicted molar refractivity (Wildman–Crippen MR) is 125 cm³/mol. The van der Waals surface area contributed by atoms with Crippen LogP contribution < -0.4 is 11.0 Å². The van der Waals surface area contributed by atoms with Crippen LogP contribution in [-0.2, 0) is 24.2 Å². The van der Waals surface area contributed by atoms with Crippen molar-refractivity contribution in [3.8, 4) is 0 Å². The summed E-state index contributed by atoms with van der Waals surface area (Å²) in [6.45, 7) is 7.83. The Labute approximate surface area is 191 Å². The van der Waals surface area contributed by atoms with Gasteiger partial charge in [0.2, 0.25) is 5.91 Å². The molecule has 0 aliphatic heterocycles. The molecule has 1 aliphatic carbocycles. The lowest BCUT2D eigenvalue weighted by atomic mass is 10.2. The summed E-state index contributed by atoms with van der Waals surface area (Å²) in [5.74, 6) is -0.349. The van der Waals surface area contributed by atoms with Gasteiger partial charge in [-0.2, -0.15) is 4.98 Å². The number of thioether (sulfide) groups is 1. The first-order valence-electron chi connectivity index (χ1n) is 11.0. The van der Waals surface area contributed by atoms with Crippen molar-refractivity contribution in [1.82, 2.24) is 14.5 Å². The van der Waals surface area contributed by atoms with Gasteiger partial charge in [-0.05, 0) is 51.4 Å². The Bertz CT molecular complexity index is 1040. The van der Waals surface area contributed by atoms with Gasteiger partial charge in [0.25, 0.3) is 5.69 Å². The number of nitro benzene ring substituents is 1. The fourth-order valence-electron chi connectivity index (χ4n) is 3.99. The van der Waals surface area contributed by atoms with Crippen LogP contribution in [0, 0.1) is 10.1 Å². The molecular formula is C22H29N5O4S. The van der Waals surface area contributed by atoms with Gasteiger partial charge >= 0.3 is 5.69 Å². The van der Waals surface area contributed by atoms with Crippen LogP contribution in [0.3, 0.4) is 0 Å². The molecule has 9 nitrogen and oxygen atoms in total. The SMILES string of the molecule is CCN(CC)CCCn1c2c(c(SCC(=O)Nc3ccccc3[N+](=O)[O-])nc1=O)CCC2. The van der Waals surface area contributed by atoms with E-state index in [0.717, 1.165) is 56.6 Å². The molecule has 0 atom stereocenters. The number of hydrogen-bond donors (Lipinski definition) is 1. The lowest BCUT2D eigenvalue weighted by molar-refractivity contribution is -0.383. The fraction of sp³-hybridized carbons (Fsp3) is 0.500. The average Bonchev–Trinajstić information content (AvgIpc) is 3.27. The second kappa shape index (κ2) is 11.2. The molecule has 1 aliphatic rings. The van der Waals surface area contributed by atoms with E-state index in [-0.39, 0.29) is 28.7 Å². The molecule has 0 radical (unpaired) electrons. The lowest BCUT2D eigenvalue weighted by Crippen LogP contribution is -2.30. The number of benzene rings is 1. The van der Waals surface area contributed by atoms with Gasteiger partial charge in [-0.3, -0.25) is 19.5 Å². The van der Waals surface area contributed by atoms with E-state index in [4.69, 9.17) is 0 Å². The zero-order valence-corrected chi connectivity index (χ0v) is 19.3. The minimum Gasteiger partial charge on any atom is -0.320 e. The Morgan fingerprint density at radius 2 is 2.03 bits per heavy atom. The number of aromatic nitrogens is 2. The number of nitrogens with zero attached hydrogens (tertiary/aromatic N) is 4. The Kier molecular flexibility index (Phi) is 8.40. The zero-order chi connectivity index (χ0) is 23.1. The third-order valence-corrected chi connectivity index (χ3v) is 6.68. The topological polar surface area (TPSA) is 110 Å². The van der Waals surface area contributed by atoms with E-state index < -0.39 is 4.92 Å². The predicted octanol–water partition coefficient (Wildman–Crippen LogP) is 3.10. The number of hydrogen-bond acceptors (Lipinski definition) is 7. The number of amides is 1. The maximum absolute atomic E-state index is 12.7. The summed E-state index contributed by atoms with van der Waals surface area (Å²) in [7, 11) is 0. The van der Waals surface area contributed by atoms with Crippen LogP contribution in [0.4, 0.5) is 11.4 Å². The summed E-state index contributed by atoms with van der Waals surface area (Å²) in [4.78, 5) is 42.3. The molecule has 0 saturated heterocycles. The second-order valence-corrected chi connectivity index (χ2v) is 8.59. The number of para-hydroxylation sites is 2. The largest absolute Gasteiger partial charge is 0.348 e. The standard InChI is InChI=1S/C22H29N5O4S/c1-3-25(4-2)13-8-14-26-18-12-7-9-16(18)21(24-22(26)29)32-15-20(28)23-17-10-5-6-11-19(17)27(30)31/h5-6,10-11H,3-4,7-9,12-15H2,1-2H3,(H,23,28). The molecule has 1 amide bonds. The summed E-state index contributed by atoms with van der Waals surface area (Å²) in [5.41, 5.74) is 1.82. The molecule has 0 saturated carbocycles. The van der Waals surface area contributed by atoms with Gasteiger partial charge in [-0.25, -0.2) is 4.79 Å². The van der Waals surface area contributed by atoms with E-state index in [1.165, 1.54) is 23.9 Å². The third-order valence-electron chi connectivity index (χ3n) is 5.67. The highest BCUT2D eigenvalue weighted by Gasteiger charge is 2.23. The molecule has 1 aromatic carbocycles. The van der Waals surface area contributed by atoms with Crippen LogP contribution in [0.15, 0.2) is 34.1 Å². The Morgan fingerprint density at radius 1 is 1.28 bits per heavy atom. The average molecular weight is 460 g/mol. The summed E-state index contributed by atoms with van der Waals surface area (Å²) >= 11 is 1.21. The number of nitrogens with one attached hydrogen (secondary N) is 1. The molecule has 1 heterocycles. The minimum atomic E-state index is -0.531. The molecule has 1 aromatic heterocycles. The smallest absolute Gasteiger partial charge is 0.320 e. The number of carbonyl (C=O) groups is 1. The quantitative estimate of drug-likeness (QED) is 0.238. The maximum Gasteiger partial charge on any atom is 0.348 e. The van der Waals surface area contributed by atoms with Crippen LogP contribution in [0.1, 0.15) is 37.9 Å². The molecule has 0 unspecified atom stereocenters. The van der Waals surface area contributed by atoms with Crippen molar-refractivity contribution in [3.05, 3.63) is 56.1 Å². The van der Waals surface area contributed by atoms with E-state index in [9.17, 15) is 19.7 Å². The van der Waals surface area contributed by atoms with Gasteiger partial charge in [0, 0.05) is 23.9 Å². The number of anilines is 1. The van der Waals surface area contributed by atoms with Crippen molar-refractivity contribution >= 4 is 29.0 Å². The monoisotopic (exact) mass is 459 g/mol. The van der Waals surface area contributed by atoms with Gasteiger partial charge in [0.15, 0.2) is 0 Å². The van der Waals surface area contributed by atoms with Crippen LogP contribution >= 0.6 is 11.8 Å². The fourth-order valence-corrected chi connectivity index (χ4v) is 4.86. The molecule has 0 fully saturated rings. The normalized spacial score (nSPS) is 12.7. The molecule has 2 aromatic rings. The van der Waals surface area contributed by atoms with Crippen molar-refractivity contribution < 1.29 is 9.72 Å². The van der Waals surface area contributed by atoms with Gasteiger partial charge in [-0.15, -0.1) is 0 Å². The molecular weight excluding hydrogens is 430 g/mol. The molecule has 172 valence electrons. The second-order valence-electron chi connectivity index (χ2n) is 7.62. The highest BCUT2D eigenvalue weighted by atomic mass is 32.2. The van der Waals surface area contributed by atoms with E-state index >= 15 is 0 Å². The van der Waals surface area contributed by atoms with Crippen LogP contribution in [0.2, 0.25) is 0 Å². The number of carbonyl (C=O) groups excluding carboxylic acids is 1. The summed E-state index contributed by atoms with van der Waals surface area (Å²) in [6, 6.07) is 6.02.